The zero-order chi connectivity index (χ0) is 13.8. The van der Waals surface area contributed by atoms with Gasteiger partial charge in [0.05, 0.1) is 0 Å². The second-order valence-corrected chi connectivity index (χ2v) is 5.98. The number of carbonyl (C=O) groups excluding carboxylic acids is 1. The summed E-state index contributed by atoms with van der Waals surface area (Å²) in [5, 5.41) is 0. The lowest BCUT2D eigenvalue weighted by Gasteiger charge is -2.36. The van der Waals surface area contributed by atoms with Crippen molar-refractivity contribution in [1.82, 2.24) is 4.98 Å². The topological polar surface area (TPSA) is 39.2 Å². The summed E-state index contributed by atoms with van der Waals surface area (Å²) in [4.78, 5) is 16.2. The minimum Gasteiger partial charge on any atom is -0.457 e. The van der Waals surface area contributed by atoms with Crippen LogP contribution >= 0.6 is 0 Å². The van der Waals surface area contributed by atoms with Crippen molar-refractivity contribution in [3.63, 3.8) is 0 Å². The van der Waals surface area contributed by atoms with E-state index < -0.39 is 0 Å². The lowest BCUT2D eigenvalue weighted by molar-refractivity contribution is -0.0179. The Labute approximate surface area is 115 Å². The molecule has 1 aliphatic rings. The fourth-order valence-electron chi connectivity index (χ4n) is 2.93. The van der Waals surface area contributed by atoms with Crippen LogP contribution in [0.4, 0.5) is 0 Å². The summed E-state index contributed by atoms with van der Waals surface area (Å²) in [6, 6.07) is 5.32. The van der Waals surface area contributed by atoms with Crippen molar-refractivity contribution in [2.24, 2.45) is 17.8 Å². The number of hydrogen-bond acceptors (Lipinski definition) is 3. The minimum atomic E-state index is -0.287. The van der Waals surface area contributed by atoms with Gasteiger partial charge in [0.1, 0.15) is 11.8 Å². The van der Waals surface area contributed by atoms with Gasteiger partial charge in [0, 0.05) is 6.20 Å². The van der Waals surface area contributed by atoms with Crippen LogP contribution in [0.25, 0.3) is 0 Å². The Morgan fingerprint density at radius 1 is 1.37 bits per heavy atom. The number of aromatic nitrogens is 1. The van der Waals surface area contributed by atoms with E-state index in [4.69, 9.17) is 4.74 Å². The Kier molecular flexibility index (Phi) is 4.56. The summed E-state index contributed by atoms with van der Waals surface area (Å²) < 4.78 is 5.72. The fraction of sp³-hybridized carbons (Fsp3) is 0.625. The Hall–Kier alpha value is -1.38. The molecule has 0 radical (unpaired) electrons. The smallest absolute Gasteiger partial charge is 0.357 e. The normalized spacial score (nSPS) is 27.3. The maximum atomic E-state index is 12.1. The number of esters is 1. The summed E-state index contributed by atoms with van der Waals surface area (Å²) in [6.45, 7) is 6.66. The van der Waals surface area contributed by atoms with Crippen LogP contribution in [0.2, 0.25) is 0 Å². The molecule has 0 amide bonds. The summed E-state index contributed by atoms with van der Waals surface area (Å²) in [5.74, 6) is 1.37. The first-order valence-electron chi connectivity index (χ1n) is 7.20. The van der Waals surface area contributed by atoms with Gasteiger partial charge in [-0.15, -0.1) is 0 Å². The van der Waals surface area contributed by atoms with Gasteiger partial charge in [-0.2, -0.15) is 0 Å². The van der Waals surface area contributed by atoms with E-state index in [9.17, 15) is 4.79 Å². The van der Waals surface area contributed by atoms with Crippen molar-refractivity contribution in [2.75, 3.05) is 0 Å². The number of nitrogens with zero attached hydrogens (tertiary/aromatic N) is 1. The molecule has 3 nitrogen and oxygen atoms in total. The third-order valence-electron chi connectivity index (χ3n) is 4.09. The van der Waals surface area contributed by atoms with Crippen LogP contribution in [0.3, 0.4) is 0 Å². The van der Waals surface area contributed by atoms with Gasteiger partial charge in [-0.3, -0.25) is 0 Å². The first-order valence-corrected chi connectivity index (χ1v) is 7.20. The van der Waals surface area contributed by atoms with Gasteiger partial charge >= 0.3 is 5.97 Å². The second-order valence-electron chi connectivity index (χ2n) is 5.98. The number of rotatable bonds is 3. The molecule has 1 aromatic rings. The average Bonchev–Trinajstić information content (AvgIpc) is 2.39. The predicted octanol–water partition coefficient (Wildman–Crippen LogP) is 3.70. The molecule has 1 heterocycles. The number of carbonyl (C=O) groups is 1. The van der Waals surface area contributed by atoms with Crippen LogP contribution in [0.1, 0.15) is 50.5 Å². The largest absolute Gasteiger partial charge is 0.457 e. The van der Waals surface area contributed by atoms with Crippen LogP contribution in [-0.4, -0.2) is 17.1 Å². The summed E-state index contributed by atoms with van der Waals surface area (Å²) in [7, 11) is 0. The van der Waals surface area contributed by atoms with Gasteiger partial charge < -0.3 is 4.74 Å². The zero-order valence-corrected chi connectivity index (χ0v) is 12.0. The molecule has 3 heteroatoms. The van der Waals surface area contributed by atoms with Gasteiger partial charge in [-0.25, -0.2) is 9.78 Å². The number of hydrogen-bond donors (Lipinski definition) is 0. The Morgan fingerprint density at radius 3 is 2.79 bits per heavy atom. The van der Waals surface area contributed by atoms with E-state index in [-0.39, 0.29) is 12.1 Å². The average molecular weight is 261 g/mol. The maximum Gasteiger partial charge on any atom is 0.357 e. The lowest BCUT2D eigenvalue weighted by atomic mass is 9.75. The Balaban J connectivity index is 2.04. The molecule has 1 aliphatic carbocycles. The molecule has 0 N–H and O–H groups in total. The summed E-state index contributed by atoms with van der Waals surface area (Å²) >= 11 is 0. The van der Waals surface area contributed by atoms with Crippen molar-refractivity contribution < 1.29 is 9.53 Å². The van der Waals surface area contributed by atoms with Gasteiger partial charge in [0.25, 0.3) is 0 Å². The molecule has 2 rings (SSSR count). The van der Waals surface area contributed by atoms with Gasteiger partial charge in [0.15, 0.2) is 0 Å². The van der Waals surface area contributed by atoms with Gasteiger partial charge in [-0.05, 0) is 42.7 Å². The molecule has 0 unspecified atom stereocenters. The van der Waals surface area contributed by atoms with Crippen LogP contribution in [-0.2, 0) is 4.74 Å². The van der Waals surface area contributed by atoms with Crippen LogP contribution in [0.15, 0.2) is 24.4 Å². The van der Waals surface area contributed by atoms with E-state index in [1.807, 2.05) is 6.07 Å². The van der Waals surface area contributed by atoms with Crippen LogP contribution < -0.4 is 0 Å². The molecule has 0 spiro atoms. The third-order valence-corrected chi connectivity index (χ3v) is 4.09. The monoisotopic (exact) mass is 261 g/mol. The SMILES string of the molecule is CC(C)[C@@H]1CC[C@@H](C)C[C@H]1OC(=O)c1ccccn1. The summed E-state index contributed by atoms with van der Waals surface area (Å²) in [6.07, 6.45) is 5.03. The molecule has 1 aromatic heterocycles. The van der Waals surface area contributed by atoms with Gasteiger partial charge in [-0.1, -0.05) is 33.3 Å². The quantitative estimate of drug-likeness (QED) is 0.779. The fourth-order valence-corrected chi connectivity index (χ4v) is 2.93. The highest BCUT2D eigenvalue weighted by atomic mass is 16.5. The molecule has 0 aliphatic heterocycles. The zero-order valence-electron chi connectivity index (χ0n) is 12.0. The van der Waals surface area contributed by atoms with Crippen LogP contribution in [0, 0.1) is 17.8 Å². The number of ether oxygens (including phenoxy) is 1. The van der Waals surface area contributed by atoms with E-state index in [0.717, 1.165) is 12.8 Å². The molecule has 3 atom stereocenters. The predicted molar refractivity (Wildman–Crippen MR) is 74.8 cm³/mol. The minimum absolute atomic E-state index is 0.0401. The molecule has 0 aromatic carbocycles. The molecule has 19 heavy (non-hydrogen) atoms. The highest BCUT2D eigenvalue weighted by Crippen LogP contribution is 2.35. The maximum absolute atomic E-state index is 12.1. The number of pyridine rings is 1. The van der Waals surface area contributed by atoms with Crippen molar-refractivity contribution in [3.05, 3.63) is 30.1 Å². The van der Waals surface area contributed by atoms with E-state index in [1.165, 1.54) is 6.42 Å². The van der Waals surface area contributed by atoms with Crippen molar-refractivity contribution in [1.29, 1.82) is 0 Å². The first kappa shape index (κ1) is 14.0. The van der Waals surface area contributed by atoms with Crippen LogP contribution in [0.5, 0.6) is 0 Å². The second kappa shape index (κ2) is 6.18. The Morgan fingerprint density at radius 2 is 2.16 bits per heavy atom. The van der Waals surface area contributed by atoms with E-state index in [0.29, 0.717) is 23.4 Å². The summed E-state index contributed by atoms with van der Waals surface area (Å²) in [5.41, 5.74) is 0.406. The highest BCUT2D eigenvalue weighted by molar-refractivity contribution is 5.87. The van der Waals surface area contributed by atoms with E-state index >= 15 is 0 Å². The van der Waals surface area contributed by atoms with Crippen molar-refractivity contribution in [3.8, 4) is 0 Å². The lowest BCUT2D eigenvalue weighted by Crippen LogP contribution is -2.36. The standard InChI is InChI=1S/C16H23NO2/c1-11(2)13-8-7-12(3)10-15(13)19-16(18)14-6-4-5-9-17-14/h4-6,9,11-13,15H,7-8,10H2,1-3H3/t12-,13+,15-/m1/s1. The molecule has 0 saturated heterocycles. The van der Waals surface area contributed by atoms with E-state index in [1.54, 1.807) is 18.3 Å². The first-order chi connectivity index (χ1) is 9.08. The van der Waals surface area contributed by atoms with Gasteiger partial charge in [0.2, 0.25) is 0 Å². The van der Waals surface area contributed by atoms with Crippen molar-refractivity contribution >= 4 is 5.97 Å². The van der Waals surface area contributed by atoms with Crippen molar-refractivity contribution in [2.45, 2.75) is 46.1 Å². The third kappa shape index (κ3) is 3.55. The highest BCUT2D eigenvalue weighted by Gasteiger charge is 2.33. The molecule has 104 valence electrons. The molecular formula is C16H23NO2. The molecular weight excluding hydrogens is 238 g/mol. The molecule has 1 saturated carbocycles. The van der Waals surface area contributed by atoms with E-state index in [2.05, 4.69) is 25.8 Å². The Bertz CT molecular complexity index is 416. The molecule has 0 bridgehead atoms. The molecule has 1 fully saturated rings.